The van der Waals surface area contributed by atoms with Gasteiger partial charge in [-0.25, -0.2) is 9.59 Å². The molecule has 8 heteroatoms. The molecule has 1 N–H and O–H groups in total. The van der Waals surface area contributed by atoms with Crippen LogP contribution in [0.25, 0.3) is 0 Å². The second-order valence-electron chi connectivity index (χ2n) is 6.20. The molecule has 0 radical (unpaired) electrons. The van der Waals surface area contributed by atoms with Crippen molar-refractivity contribution in [2.45, 2.75) is 40.7 Å². The first-order chi connectivity index (χ1) is 13.8. The largest absolute Gasteiger partial charge is 0.479 e. The lowest BCUT2D eigenvalue weighted by molar-refractivity contribution is -0.150. The standard InChI is InChI=1S/C21H25NO6S/c1-6-26-20(24)13(4)28-16-10-8-15(9-11-16)18(23)22-19-17(21(25)27-7-2)12(3)14(5)29-19/h8-11,13H,6-7H2,1-5H3,(H,22,23). The zero-order valence-electron chi connectivity index (χ0n) is 17.2. The lowest BCUT2D eigenvalue weighted by atomic mass is 10.1. The summed E-state index contributed by atoms with van der Waals surface area (Å²) >= 11 is 1.33. The normalized spacial score (nSPS) is 11.5. The number of thiophene rings is 1. The molecular formula is C21H25NO6S. The Labute approximate surface area is 174 Å². The highest BCUT2D eigenvalue weighted by Gasteiger charge is 2.22. The van der Waals surface area contributed by atoms with Crippen LogP contribution in [0.15, 0.2) is 24.3 Å². The molecule has 1 unspecified atom stereocenters. The Balaban J connectivity index is 2.11. The van der Waals surface area contributed by atoms with Crippen molar-refractivity contribution in [3.63, 3.8) is 0 Å². The fraction of sp³-hybridized carbons (Fsp3) is 0.381. The average Bonchev–Trinajstić information content (AvgIpc) is 2.96. The van der Waals surface area contributed by atoms with Crippen LogP contribution in [0.3, 0.4) is 0 Å². The summed E-state index contributed by atoms with van der Waals surface area (Å²) in [5.74, 6) is -0.829. The number of anilines is 1. The third-order valence-electron chi connectivity index (χ3n) is 4.14. The number of esters is 2. The molecule has 7 nitrogen and oxygen atoms in total. The van der Waals surface area contributed by atoms with Gasteiger partial charge >= 0.3 is 11.9 Å². The molecule has 2 rings (SSSR count). The van der Waals surface area contributed by atoms with Crippen molar-refractivity contribution in [1.29, 1.82) is 0 Å². The van der Waals surface area contributed by atoms with Gasteiger partial charge in [-0.15, -0.1) is 11.3 Å². The van der Waals surface area contributed by atoms with Gasteiger partial charge in [0.1, 0.15) is 10.8 Å². The molecular weight excluding hydrogens is 394 g/mol. The lowest BCUT2D eigenvalue weighted by Crippen LogP contribution is -2.26. The average molecular weight is 419 g/mol. The minimum Gasteiger partial charge on any atom is -0.479 e. The van der Waals surface area contributed by atoms with Crippen molar-refractivity contribution >= 4 is 34.2 Å². The predicted octanol–water partition coefficient (Wildman–Crippen LogP) is 4.12. The van der Waals surface area contributed by atoms with Crippen molar-refractivity contribution in [2.24, 2.45) is 0 Å². The van der Waals surface area contributed by atoms with Gasteiger partial charge in [-0.2, -0.15) is 0 Å². The number of benzene rings is 1. The maximum atomic E-state index is 12.6. The van der Waals surface area contributed by atoms with E-state index in [1.165, 1.54) is 11.3 Å². The second kappa shape index (κ2) is 10.1. The van der Waals surface area contributed by atoms with E-state index in [2.05, 4.69) is 5.32 Å². The van der Waals surface area contributed by atoms with E-state index in [0.717, 1.165) is 10.4 Å². The third-order valence-corrected chi connectivity index (χ3v) is 5.26. The summed E-state index contributed by atoms with van der Waals surface area (Å²) < 4.78 is 15.5. The molecule has 0 aliphatic rings. The minimum atomic E-state index is -0.751. The summed E-state index contributed by atoms with van der Waals surface area (Å²) in [4.78, 5) is 37.4. The van der Waals surface area contributed by atoms with E-state index in [1.807, 2.05) is 13.8 Å². The Morgan fingerprint density at radius 1 is 1.03 bits per heavy atom. The summed E-state index contributed by atoms with van der Waals surface area (Å²) in [6.07, 6.45) is -0.751. The molecule has 0 spiro atoms. The molecule has 1 aromatic carbocycles. The Hall–Kier alpha value is -2.87. The van der Waals surface area contributed by atoms with E-state index >= 15 is 0 Å². The van der Waals surface area contributed by atoms with Gasteiger partial charge < -0.3 is 19.5 Å². The van der Waals surface area contributed by atoms with Crippen molar-refractivity contribution in [3.05, 3.63) is 45.8 Å². The Kier molecular flexibility index (Phi) is 7.78. The minimum absolute atomic E-state index is 0.256. The molecule has 0 aliphatic carbocycles. The first-order valence-corrected chi connectivity index (χ1v) is 10.1. The molecule has 1 amide bonds. The Bertz CT molecular complexity index is 887. The third kappa shape index (κ3) is 5.57. The molecule has 156 valence electrons. The number of carbonyl (C=O) groups excluding carboxylic acids is 3. The van der Waals surface area contributed by atoms with Gasteiger partial charge in [-0.3, -0.25) is 4.79 Å². The zero-order valence-corrected chi connectivity index (χ0v) is 18.0. The fourth-order valence-corrected chi connectivity index (χ4v) is 3.58. The maximum absolute atomic E-state index is 12.6. The molecule has 0 saturated heterocycles. The van der Waals surface area contributed by atoms with Gasteiger partial charge in [0.2, 0.25) is 0 Å². The summed E-state index contributed by atoms with van der Waals surface area (Å²) in [5.41, 5.74) is 1.56. The molecule has 1 aromatic heterocycles. The van der Waals surface area contributed by atoms with Crippen LogP contribution < -0.4 is 10.1 Å². The summed E-state index contributed by atoms with van der Waals surface area (Å²) in [6.45, 7) is 9.29. The first-order valence-electron chi connectivity index (χ1n) is 9.30. The number of ether oxygens (including phenoxy) is 3. The highest BCUT2D eigenvalue weighted by molar-refractivity contribution is 7.16. The number of aryl methyl sites for hydroxylation is 1. The number of hydrogen-bond donors (Lipinski definition) is 1. The monoisotopic (exact) mass is 419 g/mol. The summed E-state index contributed by atoms with van der Waals surface area (Å²) in [6, 6.07) is 6.36. The number of rotatable bonds is 8. The molecule has 0 aliphatic heterocycles. The van der Waals surface area contributed by atoms with E-state index in [1.54, 1.807) is 45.0 Å². The van der Waals surface area contributed by atoms with Gasteiger partial charge in [0.05, 0.1) is 18.8 Å². The number of amides is 1. The smallest absolute Gasteiger partial charge is 0.347 e. The van der Waals surface area contributed by atoms with Gasteiger partial charge in [-0.05, 0) is 64.4 Å². The van der Waals surface area contributed by atoms with Gasteiger partial charge in [0.15, 0.2) is 6.10 Å². The SMILES string of the molecule is CCOC(=O)c1c(NC(=O)c2ccc(OC(C)C(=O)OCC)cc2)sc(C)c1C. The van der Waals surface area contributed by atoms with Gasteiger partial charge in [0.25, 0.3) is 5.91 Å². The fourth-order valence-electron chi connectivity index (χ4n) is 2.54. The van der Waals surface area contributed by atoms with Crippen LogP contribution in [0, 0.1) is 13.8 Å². The molecule has 0 saturated carbocycles. The number of hydrogen-bond acceptors (Lipinski definition) is 7. The van der Waals surface area contributed by atoms with Crippen LogP contribution in [0.2, 0.25) is 0 Å². The lowest BCUT2D eigenvalue weighted by Gasteiger charge is -2.13. The van der Waals surface area contributed by atoms with Crippen molar-refractivity contribution in [2.75, 3.05) is 18.5 Å². The topological polar surface area (TPSA) is 90.9 Å². The second-order valence-corrected chi connectivity index (χ2v) is 7.42. The van der Waals surface area contributed by atoms with Crippen LogP contribution in [0.5, 0.6) is 5.75 Å². The molecule has 1 heterocycles. The van der Waals surface area contributed by atoms with Crippen LogP contribution in [-0.2, 0) is 14.3 Å². The van der Waals surface area contributed by atoms with Crippen LogP contribution in [0.4, 0.5) is 5.00 Å². The quantitative estimate of drug-likeness (QED) is 0.647. The maximum Gasteiger partial charge on any atom is 0.347 e. The Morgan fingerprint density at radius 3 is 2.24 bits per heavy atom. The molecule has 1 atom stereocenters. The number of nitrogens with one attached hydrogen (secondary N) is 1. The zero-order chi connectivity index (χ0) is 21.6. The first kappa shape index (κ1) is 22.4. The van der Waals surface area contributed by atoms with E-state index in [9.17, 15) is 14.4 Å². The van der Waals surface area contributed by atoms with E-state index in [0.29, 0.717) is 21.9 Å². The highest BCUT2D eigenvalue weighted by atomic mass is 32.1. The van der Waals surface area contributed by atoms with Gasteiger partial charge in [-0.1, -0.05) is 0 Å². The predicted molar refractivity (Wildman–Crippen MR) is 111 cm³/mol. The van der Waals surface area contributed by atoms with Crippen LogP contribution in [-0.4, -0.2) is 37.2 Å². The highest BCUT2D eigenvalue weighted by Crippen LogP contribution is 2.33. The molecule has 0 fully saturated rings. The van der Waals surface area contributed by atoms with E-state index in [-0.39, 0.29) is 19.1 Å². The molecule has 2 aromatic rings. The summed E-state index contributed by atoms with van der Waals surface area (Å²) in [7, 11) is 0. The van der Waals surface area contributed by atoms with E-state index in [4.69, 9.17) is 14.2 Å². The van der Waals surface area contributed by atoms with Crippen LogP contribution in [0.1, 0.15) is 51.9 Å². The van der Waals surface area contributed by atoms with Crippen molar-refractivity contribution in [3.8, 4) is 5.75 Å². The number of carbonyl (C=O) groups is 3. The van der Waals surface area contributed by atoms with Crippen LogP contribution >= 0.6 is 11.3 Å². The van der Waals surface area contributed by atoms with E-state index < -0.39 is 18.0 Å². The molecule has 0 bridgehead atoms. The van der Waals surface area contributed by atoms with Crippen molar-refractivity contribution < 1.29 is 28.6 Å². The Morgan fingerprint density at radius 2 is 1.66 bits per heavy atom. The summed E-state index contributed by atoms with van der Waals surface area (Å²) in [5, 5.41) is 3.24. The van der Waals surface area contributed by atoms with Crippen molar-refractivity contribution in [1.82, 2.24) is 0 Å². The molecule has 29 heavy (non-hydrogen) atoms. The van der Waals surface area contributed by atoms with Gasteiger partial charge in [0, 0.05) is 10.4 Å².